The number of amides is 1. The van der Waals surface area contributed by atoms with Gasteiger partial charge in [0.1, 0.15) is 6.54 Å². The van der Waals surface area contributed by atoms with Crippen molar-refractivity contribution in [2.75, 3.05) is 13.1 Å². The number of nitrogens with zero attached hydrogens (tertiary/aromatic N) is 5. The third kappa shape index (κ3) is 3.67. The summed E-state index contributed by atoms with van der Waals surface area (Å²) in [5.41, 5.74) is 2.27. The number of aryl methyl sites for hydroxylation is 2. The van der Waals surface area contributed by atoms with Crippen LogP contribution < -0.4 is 5.56 Å². The van der Waals surface area contributed by atoms with Crippen molar-refractivity contribution in [3.8, 4) is 0 Å². The van der Waals surface area contributed by atoms with Gasteiger partial charge in [-0.2, -0.15) is 5.10 Å². The summed E-state index contributed by atoms with van der Waals surface area (Å²) in [6.07, 6.45) is 5.41. The lowest BCUT2D eigenvalue weighted by molar-refractivity contribution is -0.133. The van der Waals surface area contributed by atoms with Crippen LogP contribution >= 0.6 is 0 Å². The van der Waals surface area contributed by atoms with Crippen LogP contribution in [0, 0.1) is 13.8 Å². The lowest BCUT2D eigenvalue weighted by Gasteiger charge is -2.32. The summed E-state index contributed by atoms with van der Waals surface area (Å²) >= 11 is 0. The normalized spacial score (nSPS) is 17.8. The summed E-state index contributed by atoms with van der Waals surface area (Å²) in [6, 6.07) is 3.09. The molecule has 1 saturated heterocycles. The maximum Gasteiger partial charge on any atom is 0.267 e. The van der Waals surface area contributed by atoms with Crippen molar-refractivity contribution in [3.05, 3.63) is 52.0 Å². The van der Waals surface area contributed by atoms with Gasteiger partial charge in [0.2, 0.25) is 5.91 Å². The van der Waals surface area contributed by atoms with Gasteiger partial charge in [0.25, 0.3) is 5.56 Å². The molecule has 0 bridgehead atoms. The molecule has 1 aliphatic heterocycles. The summed E-state index contributed by atoms with van der Waals surface area (Å²) in [6.45, 7) is 5.01. The molecule has 0 aromatic carbocycles. The second-order valence-electron chi connectivity index (χ2n) is 6.23. The molecule has 0 aliphatic carbocycles. The first-order valence-electron chi connectivity index (χ1n) is 8.14. The molecule has 0 unspecified atom stereocenters. The van der Waals surface area contributed by atoms with E-state index in [0.717, 1.165) is 24.2 Å². The molecule has 1 amide bonds. The van der Waals surface area contributed by atoms with Crippen LogP contribution in [0.5, 0.6) is 0 Å². The van der Waals surface area contributed by atoms with Gasteiger partial charge < -0.3 is 4.90 Å². The molecular formula is C17H21N5O2. The Morgan fingerprint density at radius 3 is 2.88 bits per heavy atom. The van der Waals surface area contributed by atoms with Crippen LogP contribution in [0.2, 0.25) is 0 Å². The van der Waals surface area contributed by atoms with Gasteiger partial charge in [-0.05, 0) is 32.8 Å². The Hall–Kier alpha value is -2.57. The van der Waals surface area contributed by atoms with Gasteiger partial charge in [0.15, 0.2) is 0 Å². The molecule has 2 aromatic heterocycles. The van der Waals surface area contributed by atoms with Gasteiger partial charge in [-0.3, -0.25) is 19.6 Å². The van der Waals surface area contributed by atoms with Crippen molar-refractivity contribution in [3.63, 3.8) is 0 Å². The maximum atomic E-state index is 12.6. The monoisotopic (exact) mass is 327 g/mol. The fourth-order valence-electron chi connectivity index (χ4n) is 3.02. The van der Waals surface area contributed by atoms with E-state index in [1.165, 1.54) is 10.7 Å². The van der Waals surface area contributed by atoms with E-state index in [2.05, 4.69) is 15.1 Å². The Labute approximate surface area is 140 Å². The molecule has 7 heteroatoms. The predicted octanol–water partition coefficient (Wildman–Crippen LogP) is 1.06. The molecule has 126 valence electrons. The van der Waals surface area contributed by atoms with Crippen molar-refractivity contribution < 1.29 is 4.79 Å². The molecule has 24 heavy (non-hydrogen) atoms. The lowest BCUT2D eigenvalue weighted by atomic mass is 9.95. The van der Waals surface area contributed by atoms with Crippen molar-refractivity contribution >= 4 is 5.91 Å². The van der Waals surface area contributed by atoms with Gasteiger partial charge in [0, 0.05) is 37.5 Å². The topological polar surface area (TPSA) is 81.0 Å². The van der Waals surface area contributed by atoms with Gasteiger partial charge >= 0.3 is 0 Å². The van der Waals surface area contributed by atoms with Gasteiger partial charge in [0.05, 0.1) is 17.1 Å². The average Bonchev–Trinajstić information content (AvgIpc) is 2.58. The highest BCUT2D eigenvalue weighted by atomic mass is 16.2. The van der Waals surface area contributed by atoms with Gasteiger partial charge in [-0.25, -0.2) is 4.68 Å². The van der Waals surface area contributed by atoms with E-state index in [9.17, 15) is 9.59 Å². The highest BCUT2D eigenvalue weighted by Crippen LogP contribution is 2.25. The Kier molecular flexibility index (Phi) is 4.69. The number of piperidine rings is 1. The first-order chi connectivity index (χ1) is 11.5. The van der Waals surface area contributed by atoms with Crippen molar-refractivity contribution in [2.24, 2.45) is 0 Å². The molecule has 3 heterocycles. The first kappa shape index (κ1) is 16.3. The van der Waals surface area contributed by atoms with E-state index >= 15 is 0 Å². The molecule has 1 atom stereocenters. The minimum Gasteiger partial charge on any atom is -0.340 e. The Morgan fingerprint density at radius 1 is 1.25 bits per heavy atom. The van der Waals surface area contributed by atoms with E-state index in [1.54, 1.807) is 30.3 Å². The third-order valence-electron chi connectivity index (χ3n) is 4.25. The number of aromatic nitrogens is 4. The number of carbonyl (C=O) groups is 1. The minimum absolute atomic E-state index is 0.0211. The number of hydrogen-bond donors (Lipinski definition) is 0. The van der Waals surface area contributed by atoms with Crippen molar-refractivity contribution in [2.45, 2.75) is 39.2 Å². The molecule has 0 spiro atoms. The van der Waals surface area contributed by atoms with Crippen LogP contribution in [0.1, 0.15) is 35.8 Å². The highest BCUT2D eigenvalue weighted by molar-refractivity contribution is 5.76. The van der Waals surface area contributed by atoms with E-state index in [4.69, 9.17) is 0 Å². The van der Waals surface area contributed by atoms with E-state index in [1.807, 2.05) is 6.92 Å². The standard InChI is InChI=1S/C17H21N5O2/c1-12-5-6-16(23)22(20-12)11-17(24)21-7-3-4-14(10-21)15-9-18-8-13(2)19-15/h5-6,8-9,14H,3-4,7,10-11H2,1-2H3/t14-/m0/s1. The van der Waals surface area contributed by atoms with Crippen LogP contribution in [0.25, 0.3) is 0 Å². The SMILES string of the molecule is Cc1cncc([C@H]2CCCN(C(=O)Cn3nc(C)ccc3=O)C2)n1. The zero-order valence-corrected chi connectivity index (χ0v) is 14.0. The fourth-order valence-corrected chi connectivity index (χ4v) is 3.02. The zero-order valence-electron chi connectivity index (χ0n) is 14.0. The highest BCUT2D eigenvalue weighted by Gasteiger charge is 2.26. The largest absolute Gasteiger partial charge is 0.340 e. The summed E-state index contributed by atoms with van der Waals surface area (Å²) in [7, 11) is 0. The Balaban J connectivity index is 1.71. The smallest absolute Gasteiger partial charge is 0.267 e. The molecule has 0 saturated carbocycles. The molecular weight excluding hydrogens is 306 g/mol. The van der Waals surface area contributed by atoms with E-state index in [-0.39, 0.29) is 23.9 Å². The zero-order chi connectivity index (χ0) is 17.1. The van der Waals surface area contributed by atoms with Crippen molar-refractivity contribution in [1.29, 1.82) is 0 Å². The Bertz CT molecular complexity index is 802. The second-order valence-corrected chi connectivity index (χ2v) is 6.23. The molecule has 1 aliphatic rings. The molecule has 1 fully saturated rings. The third-order valence-corrected chi connectivity index (χ3v) is 4.25. The number of hydrogen-bond acceptors (Lipinski definition) is 5. The number of likely N-dealkylation sites (tertiary alicyclic amines) is 1. The average molecular weight is 327 g/mol. The van der Waals surface area contributed by atoms with Crippen LogP contribution in [0.4, 0.5) is 0 Å². The first-order valence-corrected chi connectivity index (χ1v) is 8.14. The number of rotatable bonds is 3. The van der Waals surface area contributed by atoms with Crippen LogP contribution in [-0.2, 0) is 11.3 Å². The molecule has 2 aromatic rings. The van der Waals surface area contributed by atoms with Crippen LogP contribution in [0.15, 0.2) is 29.3 Å². The molecule has 3 rings (SSSR count). The minimum atomic E-state index is -0.257. The summed E-state index contributed by atoms with van der Waals surface area (Å²) in [5.74, 6) is 0.109. The van der Waals surface area contributed by atoms with E-state index < -0.39 is 0 Å². The maximum absolute atomic E-state index is 12.6. The van der Waals surface area contributed by atoms with Crippen LogP contribution in [0.3, 0.4) is 0 Å². The lowest BCUT2D eigenvalue weighted by Crippen LogP contribution is -2.42. The quantitative estimate of drug-likeness (QED) is 0.842. The molecule has 7 nitrogen and oxygen atoms in total. The van der Waals surface area contributed by atoms with Gasteiger partial charge in [-0.1, -0.05) is 0 Å². The summed E-state index contributed by atoms with van der Waals surface area (Å²) < 4.78 is 1.23. The van der Waals surface area contributed by atoms with Gasteiger partial charge in [-0.15, -0.1) is 0 Å². The predicted molar refractivity (Wildman–Crippen MR) is 88.6 cm³/mol. The number of carbonyl (C=O) groups excluding carboxylic acids is 1. The second kappa shape index (κ2) is 6.90. The van der Waals surface area contributed by atoms with Crippen molar-refractivity contribution in [1.82, 2.24) is 24.6 Å². The molecule has 0 N–H and O–H groups in total. The fraction of sp³-hybridized carbons (Fsp3) is 0.471. The van der Waals surface area contributed by atoms with E-state index in [0.29, 0.717) is 18.8 Å². The van der Waals surface area contributed by atoms with Crippen LogP contribution in [-0.4, -0.2) is 43.6 Å². The molecule has 0 radical (unpaired) electrons. The summed E-state index contributed by atoms with van der Waals surface area (Å²) in [4.78, 5) is 34.9. The summed E-state index contributed by atoms with van der Waals surface area (Å²) in [5, 5.41) is 4.13. The Morgan fingerprint density at radius 2 is 2.08 bits per heavy atom.